The van der Waals surface area contributed by atoms with Gasteiger partial charge in [0.1, 0.15) is 0 Å². The number of carboxylic acid groups (broad SMARTS) is 1. The Kier molecular flexibility index (Phi) is 6.35. The smallest absolute Gasteiger partial charge is 0.358 e. The summed E-state index contributed by atoms with van der Waals surface area (Å²) in [5, 5.41) is 19.4. The normalized spacial score (nSPS) is 12.6. The van der Waals surface area contributed by atoms with E-state index in [-0.39, 0.29) is 5.69 Å². The Morgan fingerprint density at radius 1 is 1.56 bits per heavy atom. The van der Waals surface area contributed by atoms with Gasteiger partial charge in [0.2, 0.25) is 0 Å². The van der Waals surface area contributed by atoms with Gasteiger partial charge in [-0.25, -0.2) is 4.79 Å². The molecule has 0 fully saturated rings. The number of nitrogens with zero attached hydrogens (tertiary/aromatic N) is 3. The van der Waals surface area contributed by atoms with Crippen LogP contribution in [0.1, 0.15) is 50.0 Å². The standard InChI is InChI=1S/C12H22N4O2/c1-3-4-5-6-10(2)13-7-8-16-9-11(12(17)18)14-15-16/h9-10,13H,3-8H2,1-2H3,(H,17,18). The fourth-order valence-electron chi connectivity index (χ4n) is 1.73. The number of carbonyl (C=O) groups is 1. The molecule has 0 aliphatic carbocycles. The van der Waals surface area contributed by atoms with Gasteiger partial charge in [0.05, 0.1) is 12.7 Å². The van der Waals surface area contributed by atoms with E-state index in [0.29, 0.717) is 12.6 Å². The van der Waals surface area contributed by atoms with Gasteiger partial charge >= 0.3 is 5.97 Å². The predicted octanol–water partition coefficient (Wildman–Crippen LogP) is 1.53. The molecule has 1 heterocycles. The highest BCUT2D eigenvalue weighted by molar-refractivity contribution is 5.84. The van der Waals surface area contributed by atoms with Crippen LogP contribution in [0.2, 0.25) is 0 Å². The van der Waals surface area contributed by atoms with E-state index in [2.05, 4.69) is 29.5 Å². The van der Waals surface area contributed by atoms with Crippen molar-refractivity contribution in [2.24, 2.45) is 0 Å². The van der Waals surface area contributed by atoms with Crippen molar-refractivity contribution >= 4 is 5.97 Å². The lowest BCUT2D eigenvalue weighted by Gasteiger charge is -2.13. The Morgan fingerprint density at radius 2 is 2.33 bits per heavy atom. The Labute approximate surface area is 107 Å². The van der Waals surface area contributed by atoms with Crippen LogP contribution in [0.25, 0.3) is 0 Å². The van der Waals surface area contributed by atoms with Crippen molar-refractivity contribution in [3.05, 3.63) is 11.9 Å². The second-order valence-corrected chi connectivity index (χ2v) is 4.52. The van der Waals surface area contributed by atoms with Gasteiger partial charge in [-0.1, -0.05) is 31.4 Å². The third-order valence-corrected chi connectivity index (χ3v) is 2.83. The van der Waals surface area contributed by atoms with Crippen LogP contribution in [0, 0.1) is 0 Å². The molecule has 1 unspecified atom stereocenters. The number of hydrogen-bond donors (Lipinski definition) is 2. The minimum Gasteiger partial charge on any atom is -0.476 e. The molecule has 1 atom stereocenters. The Hall–Kier alpha value is -1.43. The van der Waals surface area contributed by atoms with Gasteiger partial charge in [0, 0.05) is 12.6 Å². The maximum absolute atomic E-state index is 10.6. The van der Waals surface area contributed by atoms with Crippen LogP contribution in [0.3, 0.4) is 0 Å². The monoisotopic (exact) mass is 254 g/mol. The molecule has 0 radical (unpaired) electrons. The third-order valence-electron chi connectivity index (χ3n) is 2.83. The number of aromatic nitrogens is 3. The molecule has 0 aliphatic heterocycles. The fraction of sp³-hybridized carbons (Fsp3) is 0.750. The number of carboxylic acids is 1. The highest BCUT2D eigenvalue weighted by Gasteiger charge is 2.08. The zero-order valence-corrected chi connectivity index (χ0v) is 11.1. The molecule has 6 heteroatoms. The Morgan fingerprint density at radius 3 is 2.94 bits per heavy atom. The summed E-state index contributed by atoms with van der Waals surface area (Å²) in [6.45, 7) is 5.77. The molecule has 0 spiro atoms. The van der Waals surface area contributed by atoms with E-state index in [4.69, 9.17) is 5.11 Å². The fourth-order valence-corrected chi connectivity index (χ4v) is 1.73. The summed E-state index contributed by atoms with van der Waals surface area (Å²) in [7, 11) is 0. The third kappa shape index (κ3) is 5.27. The van der Waals surface area contributed by atoms with Crippen LogP contribution in [0.15, 0.2) is 6.20 Å². The van der Waals surface area contributed by atoms with E-state index in [0.717, 1.165) is 6.54 Å². The van der Waals surface area contributed by atoms with Crippen LogP contribution < -0.4 is 5.32 Å². The van der Waals surface area contributed by atoms with Crippen molar-refractivity contribution < 1.29 is 9.90 Å². The second-order valence-electron chi connectivity index (χ2n) is 4.52. The van der Waals surface area contributed by atoms with Crippen molar-refractivity contribution in [3.8, 4) is 0 Å². The summed E-state index contributed by atoms with van der Waals surface area (Å²) in [6, 6.07) is 0.485. The first-order chi connectivity index (χ1) is 8.63. The van der Waals surface area contributed by atoms with Crippen LogP contribution >= 0.6 is 0 Å². The molecule has 0 amide bonds. The molecule has 2 N–H and O–H groups in total. The highest BCUT2D eigenvalue weighted by atomic mass is 16.4. The largest absolute Gasteiger partial charge is 0.476 e. The van der Waals surface area contributed by atoms with Crippen molar-refractivity contribution in [1.82, 2.24) is 20.3 Å². The molecule has 0 aromatic carbocycles. The minimum atomic E-state index is -1.04. The number of hydrogen-bond acceptors (Lipinski definition) is 4. The quantitative estimate of drug-likeness (QED) is 0.653. The molecule has 0 bridgehead atoms. The Bertz CT molecular complexity index is 365. The van der Waals surface area contributed by atoms with Crippen molar-refractivity contribution in [2.45, 2.75) is 52.1 Å². The van der Waals surface area contributed by atoms with Gasteiger partial charge in [-0.05, 0) is 13.3 Å². The van der Waals surface area contributed by atoms with Gasteiger partial charge in [-0.15, -0.1) is 5.10 Å². The first kappa shape index (κ1) is 14.6. The summed E-state index contributed by atoms with van der Waals surface area (Å²) >= 11 is 0. The topological polar surface area (TPSA) is 80.0 Å². The lowest BCUT2D eigenvalue weighted by molar-refractivity contribution is 0.0690. The average Bonchev–Trinajstić information content (AvgIpc) is 2.78. The highest BCUT2D eigenvalue weighted by Crippen LogP contribution is 2.02. The molecule has 6 nitrogen and oxygen atoms in total. The zero-order valence-electron chi connectivity index (χ0n) is 11.1. The van der Waals surface area contributed by atoms with E-state index < -0.39 is 5.97 Å². The summed E-state index contributed by atoms with van der Waals surface area (Å²) in [5.41, 5.74) is -0.00834. The molecular formula is C12H22N4O2. The maximum Gasteiger partial charge on any atom is 0.358 e. The van der Waals surface area contributed by atoms with Gasteiger partial charge in [-0.2, -0.15) is 0 Å². The van der Waals surface area contributed by atoms with Gasteiger partial charge in [0.15, 0.2) is 5.69 Å². The number of nitrogens with one attached hydrogen (secondary N) is 1. The van der Waals surface area contributed by atoms with Crippen LogP contribution in [0.5, 0.6) is 0 Å². The molecule has 1 aromatic rings. The molecule has 0 aliphatic rings. The van der Waals surface area contributed by atoms with Crippen molar-refractivity contribution in [3.63, 3.8) is 0 Å². The molecule has 18 heavy (non-hydrogen) atoms. The Balaban J connectivity index is 2.18. The number of unbranched alkanes of at least 4 members (excludes halogenated alkanes) is 2. The molecular weight excluding hydrogens is 232 g/mol. The van der Waals surface area contributed by atoms with Gasteiger partial charge < -0.3 is 10.4 Å². The summed E-state index contributed by atoms with van der Waals surface area (Å²) in [4.78, 5) is 10.6. The first-order valence-electron chi connectivity index (χ1n) is 6.50. The van der Waals surface area contributed by atoms with Crippen LogP contribution in [-0.4, -0.2) is 38.7 Å². The molecule has 102 valence electrons. The van der Waals surface area contributed by atoms with Crippen molar-refractivity contribution in [1.29, 1.82) is 0 Å². The summed E-state index contributed by atoms with van der Waals surface area (Å²) in [6.07, 6.45) is 6.38. The zero-order chi connectivity index (χ0) is 13.4. The van der Waals surface area contributed by atoms with Crippen molar-refractivity contribution in [2.75, 3.05) is 6.54 Å². The van der Waals surface area contributed by atoms with Gasteiger partial charge in [-0.3, -0.25) is 4.68 Å². The summed E-state index contributed by atoms with van der Waals surface area (Å²) < 4.78 is 1.55. The second kappa shape index (κ2) is 7.81. The van der Waals surface area contributed by atoms with Gasteiger partial charge in [0.25, 0.3) is 0 Å². The lowest BCUT2D eigenvalue weighted by Crippen LogP contribution is -2.29. The number of aromatic carboxylic acids is 1. The maximum atomic E-state index is 10.6. The van der Waals surface area contributed by atoms with Crippen LogP contribution in [-0.2, 0) is 6.54 Å². The van der Waals surface area contributed by atoms with Crippen LogP contribution in [0.4, 0.5) is 0 Å². The van der Waals surface area contributed by atoms with E-state index >= 15 is 0 Å². The predicted molar refractivity (Wildman–Crippen MR) is 68.6 cm³/mol. The minimum absolute atomic E-state index is 0.00834. The van der Waals surface area contributed by atoms with E-state index in [1.165, 1.54) is 31.9 Å². The molecule has 0 saturated carbocycles. The number of rotatable bonds is 9. The SMILES string of the molecule is CCCCCC(C)NCCn1cc(C(=O)O)nn1. The molecule has 0 saturated heterocycles. The lowest BCUT2D eigenvalue weighted by atomic mass is 10.1. The van der Waals surface area contributed by atoms with E-state index in [1.807, 2.05) is 0 Å². The van der Waals surface area contributed by atoms with E-state index in [9.17, 15) is 4.79 Å². The molecule has 1 rings (SSSR count). The van der Waals surface area contributed by atoms with E-state index in [1.54, 1.807) is 4.68 Å². The first-order valence-corrected chi connectivity index (χ1v) is 6.50. The molecule has 1 aromatic heterocycles. The average molecular weight is 254 g/mol. The summed E-state index contributed by atoms with van der Waals surface area (Å²) in [5.74, 6) is -1.04.